The molecule has 4 aromatic rings. The number of nitrogens with one attached hydrogen (secondary N) is 2. The van der Waals surface area contributed by atoms with E-state index in [0.717, 1.165) is 0 Å². The summed E-state index contributed by atoms with van der Waals surface area (Å²) in [5.74, 6) is -1.50. The second-order valence-corrected chi connectivity index (χ2v) is 6.56. The number of carboxylic acids is 2. The number of hydrogen-bond donors (Lipinski definition) is 3. The zero-order valence-electron chi connectivity index (χ0n) is 16.5. The van der Waals surface area contributed by atoms with Crippen LogP contribution in [0.4, 0.5) is 23.3 Å². The van der Waals surface area contributed by atoms with Gasteiger partial charge in [0.2, 0.25) is 0 Å². The lowest BCUT2D eigenvalue weighted by Crippen LogP contribution is -2.32. The van der Waals surface area contributed by atoms with Crippen molar-refractivity contribution in [2.75, 3.05) is 10.6 Å². The number of carbonyl (C=O) groups excluding carboxylic acids is 1. The van der Waals surface area contributed by atoms with Crippen LogP contribution in [0.3, 0.4) is 0 Å². The van der Waals surface area contributed by atoms with Crippen LogP contribution < -0.4 is 20.3 Å². The maximum Gasteiger partial charge on any atom is 0.444 e. The summed E-state index contributed by atoms with van der Waals surface area (Å²) in [6.45, 7) is 0. The maximum absolute atomic E-state index is 11.0. The Labute approximate surface area is 181 Å². The molecule has 158 valence electrons. The summed E-state index contributed by atoms with van der Waals surface area (Å²) in [4.78, 5) is 35.2. The minimum atomic E-state index is -1.26. The van der Waals surface area contributed by atoms with E-state index in [4.69, 9.17) is 5.11 Å². The van der Waals surface area contributed by atoms with Crippen LogP contribution in [0.25, 0.3) is 5.95 Å². The Morgan fingerprint density at radius 3 is 1.72 bits per heavy atom. The van der Waals surface area contributed by atoms with Gasteiger partial charge in [0, 0.05) is 11.4 Å². The number of anilines is 4. The molecular formula is C22H16N6O4. The molecule has 0 unspecified atom stereocenters. The molecule has 3 N–H and O–H groups in total. The van der Waals surface area contributed by atoms with E-state index in [1.54, 1.807) is 41.2 Å². The Morgan fingerprint density at radius 2 is 1.25 bits per heavy atom. The van der Waals surface area contributed by atoms with Crippen LogP contribution in [0.5, 0.6) is 0 Å². The number of rotatable bonds is 7. The summed E-state index contributed by atoms with van der Waals surface area (Å²) in [6, 6.07) is 17.6. The monoisotopic (exact) mass is 428 g/mol. The minimum absolute atomic E-state index is 0.0545. The van der Waals surface area contributed by atoms with Gasteiger partial charge in [0.05, 0.1) is 23.9 Å². The van der Waals surface area contributed by atoms with Crippen molar-refractivity contribution in [1.82, 2.24) is 15.0 Å². The molecule has 0 saturated heterocycles. The number of aromatic carboxylic acids is 2. The van der Waals surface area contributed by atoms with E-state index < -0.39 is 11.9 Å². The highest BCUT2D eigenvalue weighted by Crippen LogP contribution is 2.18. The number of benzene rings is 2. The third kappa shape index (κ3) is 4.82. The van der Waals surface area contributed by atoms with Gasteiger partial charge in [0.1, 0.15) is 0 Å². The third-order valence-electron chi connectivity index (χ3n) is 4.33. The van der Waals surface area contributed by atoms with Gasteiger partial charge in [0.25, 0.3) is 0 Å². The molecule has 0 fully saturated rings. The predicted molar refractivity (Wildman–Crippen MR) is 112 cm³/mol. The summed E-state index contributed by atoms with van der Waals surface area (Å²) < 4.78 is 1.70. The largest absolute Gasteiger partial charge is 0.545 e. The molecule has 0 radical (unpaired) electrons. The van der Waals surface area contributed by atoms with Crippen LogP contribution in [-0.2, 0) is 0 Å². The standard InChI is InChI=1S/C22H16N6O4/c29-18(30)14-4-8-16(9-5-14)23-20-25-21(24-17-10-6-15(7-11-17)19(31)32)27-22(26-20)28-12-2-1-3-13-28/h1-13H,(H3-,23,24,25,26,27,29,30,31,32). The van der Waals surface area contributed by atoms with Crippen LogP contribution in [0, 0.1) is 0 Å². The first-order valence-corrected chi connectivity index (χ1v) is 9.39. The Hall–Kier alpha value is -4.86. The summed E-state index contributed by atoms with van der Waals surface area (Å²) >= 11 is 0. The van der Waals surface area contributed by atoms with Gasteiger partial charge in [-0.2, -0.15) is 0 Å². The van der Waals surface area contributed by atoms with Crippen molar-refractivity contribution in [3.05, 3.63) is 90.3 Å². The minimum Gasteiger partial charge on any atom is -0.545 e. The first-order valence-electron chi connectivity index (χ1n) is 9.39. The fourth-order valence-electron chi connectivity index (χ4n) is 2.77. The van der Waals surface area contributed by atoms with Crippen molar-refractivity contribution >= 4 is 35.2 Å². The van der Waals surface area contributed by atoms with Gasteiger partial charge in [-0.3, -0.25) is 0 Å². The van der Waals surface area contributed by atoms with E-state index in [9.17, 15) is 14.7 Å². The fourth-order valence-corrected chi connectivity index (χ4v) is 2.77. The molecule has 0 bridgehead atoms. The van der Waals surface area contributed by atoms with Crippen LogP contribution in [0.2, 0.25) is 0 Å². The van der Waals surface area contributed by atoms with E-state index in [-0.39, 0.29) is 23.0 Å². The molecule has 2 heterocycles. The van der Waals surface area contributed by atoms with Gasteiger partial charge in [0.15, 0.2) is 0 Å². The molecule has 0 aliphatic carbocycles. The molecule has 4 rings (SSSR count). The number of carbonyl (C=O) groups is 2. The van der Waals surface area contributed by atoms with Crippen molar-refractivity contribution < 1.29 is 24.4 Å². The zero-order chi connectivity index (χ0) is 22.5. The number of hydrogen-bond acceptors (Lipinski definition) is 8. The highest BCUT2D eigenvalue weighted by Gasteiger charge is 2.18. The van der Waals surface area contributed by atoms with Crippen molar-refractivity contribution in [3.8, 4) is 5.95 Å². The second kappa shape index (κ2) is 8.88. The summed E-state index contributed by atoms with van der Waals surface area (Å²) in [5, 5.41) is 26.1. The fraction of sp³-hybridized carbons (Fsp3) is 0. The molecule has 0 spiro atoms. The van der Waals surface area contributed by atoms with Crippen LogP contribution in [0.1, 0.15) is 20.7 Å². The molecule has 0 saturated carbocycles. The van der Waals surface area contributed by atoms with Gasteiger partial charge in [-0.05, 0) is 64.1 Å². The summed E-state index contributed by atoms with van der Waals surface area (Å²) in [5.41, 5.74) is 1.38. The quantitative estimate of drug-likeness (QED) is 0.375. The van der Waals surface area contributed by atoms with Crippen LogP contribution in [0.15, 0.2) is 79.1 Å². The lowest BCUT2D eigenvalue weighted by Gasteiger charge is -2.07. The van der Waals surface area contributed by atoms with Crippen LogP contribution in [-0.4, -0.2) is 32.0 Å². The molecule has 0 aliphatic heterocycles. The highest BCUT2D eigenvalue weighted by molar-refractivity contribution is 5.88. The van der Waals surface area contributed by atoms with Crippen LogP contribution >= 0.6 is 0 Å². The highest BCUT2D eigenvalue weighted by atomic mass is 16.4. The van der Waals surface area contributed by atoms with E-state index in [2.05, 4.69) is 25.6 Å². The molecule has 32 heavy (non-hydrogen) atoms. The molecule has 10 heteroatoms. The van der Waals surface area contributed by atoms with Gasteiger partial charge in [-0.15, -0.1) is 4.98 Å². The van der Waals surface area contributed by atoms with Crippen molar-refractivity contribution in [3.63, 3.8) is 0 Å². The topological polar surface area (TPSA) is 144 Å². The number of aromatic nitrogens is 4. The predicted octanol–water partition coefficient (Wildman–Crippen LogP) is 1.70. The molecule has 2 aromatic carbocycles. The van der Waals surface area contributed by atoms with Gasteiger partial charge < -0.3 is 25.6 Å². The van der Waals surface area contributed by atoms with Gasteiger partial charge in [-0.1, -0.05) is 18.2 Å². The SMILES string of the molecule is O=C([O-])c1ccc(Nc2nc(Nc3ccc(C(=O)O)cc3)nc(-[n+]3ccccc3)n2)cc1. The Balaban J connectivity index is 1.66. The molecule has 0 atom stereocenters. The first-order chi connectivity index (χ1) is 15.5. The smallest absolute Gasteiger partial charge is 0.444 e. The van der Waals surface area contributed by atoms with E-state index in [1.807, 2.05) is 18.2 Å². The van der Waals surface area contributed by atoms with Crippen molar-refractivity contribution in [2.24, 2.45) is 0 Å². The Morgan fingerprint density at radius 1 is 0.750 bits per heavy atom. The van der Waals surface area contributed by atoms with Crippen molar-refractivity contribution in [2.45, 2.75) is 0 Å². The van der Waals surface area contributed by atoms with Gasteiger partial charge >= 0.3 is 23.8 Å². The molecule has 2 aromatic heterocycles. The van der Waals surface area contributed by atoms with Gasteiger partial charge in [-0.25, -0.2) is 9.36 Å². The lowest BCUT2D eigenvalue weighted by molar-refractivity contribution is -0.603. The first kappa shape index (κ1) is 20.4. The second-order valence-electron chi connectivity index (χ2n) is 6.56. The molecular weight excluding hydrogens is 412 g/mol. The lowest BCUT2D eigenvalue weighted by atomic mass is 10.2. The van der Waals surface area contributed by atoms with E-state index in [0.29, 0.717) is 17.3 Å². The third-order valence-corrected chi connectivity index (χ3v) is 4.33. The average Bonchev–Trinajstić information content (AvgIpc) is 2.80. The summed E-state index contributed by atoms with van der Waals surface area (Å²) in [7, 11) is 0. The molecule has 10 nitrogen and oxygen atoms in total. The normalized spacial score (nSPS) is 10.4. The molecule has 0 amide bonds. The molecule has 0 aliphatic rings. The summed E-state index contributed by atoms with van der Waals surface area (Å²) in [6.07, 6.45) is 3.55. The maximum atomic E-state index is 11.0. The van der Waals surface area contributed by atoms with E-state index >= 15 is 0 Å². The Bertz CT molecular complexity index is 1180. The average molecular weight is 428 g/mol. The number of nitrogens with zero attached hydrogens (tertiary/aromatic N) is 4. The van der Waals surface area contributed by atoms with E-state index in [1.165, 1.54) is 24.3 Å². The zero-order valence-corrected chi connectivity index (χ0v) is 16.5. The number of carboxylic acid groups (broad SMARTS) is 2. The Kier molecular flexibility index (Phi) is 5.66. The number of pyridine rings is 1. The van der Waals surface area contributed by atoms with Crippen molar-refractivity contribution in [1.29, 1.82) is 0 Å².